The van der Waals surface area contributed by atoms with Crippen LogP contribution in [-0.2, 0) is 6.54 Å². The van der Waals surface area contributed by atoms with Crippen LogP contribution in [0, 0.1) is 5.82 Å². The van der Waals surface area contributed by atoms with Crippen molar-refractivity contribution < 1.29 is 14.0 Å². The predicted molar refractivity (Wildman–Crippen MR) is 136 cm³/mol. The van der Waals surface area contributed by atoms with Gasteiger partial charge in [-0.1, -0.05) is 0 Å². The van der Waals surface area contributed by atoms with Gasteiger partial charge in [0.1, 0.15) is 11.4 Å². The summed E-state index contributed by atoms with van der Waals surface area (Å²) < 4.78 is 16.8. The first kappa shape index (κ1) is 24.4. The van der Waals surface area contributed by atoms with Crippen LogP contribution < -0.4 is 26.3 Å². The van der Waals surface area contributed by atoms with Crippen molar-refractivity contribution in [2.75, 3.05) is 36.4 Å². The largest absolute Gasteiger partial charge is 0.367 e. The minimum Gasteiger partial charge on any atom is -0.367 e. The Morgan fingerprint density at radius 2 is 1.77 bits per heavy atom. The lowest BCUT2D eigenvalue weighted by molar-refractivity contribution is 0.0942. The molecule has 8 nitrogen and oxygen atoms in total. The highest BCUT2D eigenvalue weighted by atomic mass is 19.1. The highest BCUT2D eigenvalue weighted by Gasteiger charge is 2.20. The molecule has 0 unspecified atom stereocenters. The number of pyridine rings is 1. The molecule has 3 aromatic rings. The average molecular weight is 480 g/mol. The summed E-state index contributed by atoms with van der Waals surface area (Å²) in [6, 6.07) is 9.35. The number of piperazine rings is 1. The van der Waals surface area contributed by atoms with Crippen molar-refractivity contribution in [3.63, 3.8) is 0 Å². The number of hydrogen-bond acceptors (Lipinski definition) is 5. The molecular formula is C26H30FN5O3. The van der Waals surface area contributed by atoms with Gasteiger partial charge in [-0.25, -0.2) is 4.39 Å². The summed E-state index contributed by atoms with van der Waals surface area (Å²) in [6.45, 7) is 9.03. The summed E-state index contributed by atoms with van der Waals surface area (Å²) in [5, 5.41) is 8.92. The van der Waals surface area contributed by atoms with Gasteiger partial charge in [-0.05, 0) is 57.2 Å². The van der Waals surface area contributed by atoms with Crippen molar-refractivity contribution >= 4 is 34.1 Å². The van der Waals surface area contributed by atoms with Crippen LogP contribution in [0.25, 0.3) is 10.9 Å². The van der Waals surface area contributed by atoms with Crippen LogP contribution >= 0.6 is 0 Å². The molecule has 1 aromatic heterocycles. The van der Waals surface area contributed by atoms with Crippen LogP contribution in [-0.4, -0.2) is 48.6 Å². The molecule has 4 rings (SSSR count). The maximum Gasteiger partial charge on any atom is 0.261 e. The number of hydrogen-bond donors (Lipinski definition) is 3. The van der Waals surface area contributed by atoms with E-state index in [1.54, 1.807) is 34.9 Å². The number of nitrogens with one attached hydrogen (secondary N) is 3. The van der Waals surface area contributed by atoms with E-state index in [0.29, 0.717) is 42.1 Å². The number of aromatic nitrogens is 1. The van der Waals surface area contributed by atoms with Crippen molar-refractivity contribution in [1.29, 1.82) is 0 Å². The van der Waals surface area contributed by atoms with Crippen LogP contribution in [0.4, 0.5) is 15.8 Å². The summed E-state index contributed by atoms with van der Waals surface area (Å²) in [4.78, 5) is 40.3. The van der Waals surface area contributed by atoms with Crippen LogP contribution in [0.15, 0.2) is 47.4 Å². The number of aryl methyl sites for hydroxylation is 1. The molecule has 1 fully saturated rings. The van der Waals surface area contributed by atoms with Gasteiger partial charge in [0.2, 0.25) is 5.43 Å². The van der Waals surface area contributed by atoms with Gasteiger partial charge in [0, 0.05) is 61.6 Å². The van der Waals surface area contributed by atoms with Crippen LogP contribution in [0.3, 0.4) is 0 Å². The molecule has 2 aromatic carbocycles. The minimum atomic E-state index is -0.593. The van der Waals surface area contributed by atoms with Crippen LogP contribution in [0.2, 0.25) is 0 Å². The predicted octanol–water partition coefficient (Wildman–Crippen LogP) is 2.96. The number of carbonyl (C=O) groups is 2. The Morgan fingerprint density at radius 3 is 2.40 bits per heavy atom. The molecule has 1 saturated heterocycles. The SMILES string of the molecule is CCn1cc(C(=O)Nc2ccc(C(=O)NC(C)C)cc2)c(=O)c2cc(F)c(N3CCNCC3)cc21. The third-order valence-corrected chi connectivity index (χ3v) is 6.02. The summed E-state index contributed by atoms with van der Waals surface area (Å²) in [5.41, 5.74) is 1.35. The van der Waals surface area contributed by atoms with Crippen molar-refractivity contribution in [1.82, 2.24) is 15.2 Å². The van der Waals surface area contributed by atoms with Gasteiger partial charge >= 0.3 is 0 Å². The Balaban J connectivity index is 1.64. The van der Waals surface area contributed by atoms with Gasteiger partial charge in [-0.2, -0.15) is 0 Å². The molecule has 0 radical (unpaired) electrons. The maximum atomic E-state index is 15.0. The zero-order chi connectivity index (χ0) is 25.1. The molecule has 3 N–H and O–H groups in total. The topological polar surface area (TPSA) is 95.5 Å². The van der Waals surface area contributed by atoms with Gasteiger partial charge in [0.05, 0.1) is 11.2 Å². The molecule has 1 aliphatic heterocycles. The molecule has 0 saturated carbocycles. The molecule has 0 spiro atoms. The summed E-state index contributed by atoms with van der Waals surface area (Å²) in [5.74, 6) is -1.28. The van der Waals surface area contributed by atoms with Gasteiger partial charge in [0.15, 0.2) is 0 Å². The van der Waals surface area contributed by atoms with Crippen molar-refractivity contribution in [3.05, 3.63) is 69.8 Å². The van der Waals surface area contributed by atoms with Gasteiger partial charge in [-0.3, -0.25) is 14.4 Å². The summed E-state index contributed by atoms with van der Waals surface area (Å²) in [7, 11) is 0. The highest BCUT2D eigenvalue weighted by molar-refractivity contribution is 6.06. The van der Waals surface area contributed by atoms with E-state index in [1.807, 2.05) is 25.7 Å². The number of rotatable bonds is 6. The first-order valence-corrected chi connectivity index (χ1v) is 11.8. The first-order chi connectivity index (χ1) is 16.8. The van der Waals surface area contributed by atoms with Gasteiger partial charge in [-0.15, -0.1) is 0 Å². The van der Waals surface area contributed by atoms with Crippen molar-refractivity contribution in [2.45, 2.75) is 33.4 Å². The maximum absolute atomic E-state index is 15.0. The number of amides is 2. The molecule has 2 heterocycles. The second-order valence-electron chi connectivity index (χ2n) is 8.88. The summed E-state index contributed by atoms with van der Waals surface area (Å²) >= 11 is 0. The molecule has 2 amide bonds. The lowest BCUT2D eigenvalue weighted by Crippen LogP contribution is -2.43. The summed E-state index contributed by atoms with van der Waals surface area (Å²) in [6.07, 6.45) is 1.52. The third-order valence-electron chi connectivity index (χ3n) is 6.02. The molecule has 1 aliphatic rings. The van der Waals surface area contributed by atoms with Gasteiger partial charge < -0.3 is 25.4 Å². The molecule has 9 heteroatoms. The number of halogens is 1. The van der Waals surface area contributed by atoms with Crippen LogP contribution in [0.1, 0.15) is 41.5 Å². The van der Waals surface area contributed by atoms with Crippen molar-refractivity contribution in [2.24, 2.45) is 0 Å². The lowest BCUT2D eigenvalue weighted by atomic mass is 10.1. The van der Waals surface area contributed by atoms with Gasteiger partial charge in [0.25, 0.3) is 11.8 Å². The van der Waals surface area contributed by atoms with Crippen LogP contribution in [0.5, 0.6) is 0 Å². The zero-order valence-corrected chi connectivity index (χ0v) is 20.2. The Morgan fingerprint density at radius 1 is 1.09 bits per heavy atom. The molecule has 0 bridgehead atoms. The lowest BCUT2D eigenvalue weighted by Gasteiger charge is -2.30. The molecule has 184 valence electrons. The van der Waals surface area contributed by atoms with E-state index in [2.05, 4.69) is 16.0 Å². The third kappa shape index (κ3) is 5.19. The van der Waals surface area contributed by atoms with E-state index in [9.17, 15) is 14.4 Å². The number of carbonyl (C=O) groups excluding carboxylic acids is 2. The van der Waals surface area contributed by atoms with E-state index in [0.717, 1.165) is 13.1 Å². The zero-order valence-electron chi connectivity index (χ0n) is 20.2. The first-order valence-electron chi connectivity index (χ1n) is 11.8. The monoisotopic (exact) mass is 479 g/mol. The fourth-order valence-corrected chi connectivity index (χ4v) is 4.22. The quantitative estimate of drug-likeness (QED) is 0.505. The second kappa shape index (κ2) is 10.3. The fraction of sp³-hybridized carbons (Fsp3) is 0.346. The molecule has 0 aliphatic carbocycles. The smallest absolute Gasteiger partial charge is 0.261 e. The van der Waals surface area contributed by atoms with E-state index in [1.165, 1.54) is 12.3 Å². The molecule has 0 atom stereocenters. The van der Waals surface area contributed by atoms with E-state index >= 15 is 4.39 Å². The Labute approximate surface area is 203 Å². The Kier molecular flexibility index (Phi) is 7.16. The molecule has 35 heavy (non-hydrogen) atoms. The number of nitrogens with zero attached hydrogens (tertiary/aromatic N) is 2. The fourth-order valence-electron chi connectivity index (χ4n) is 4.22. The van der Waals surface area contributed by atoms with E-state index in [4.69, 9.17) is 0 Å². The Hall–Kier alpha value is -3.72. The Bertz CT molecular complexity index is 1310. The average Bonchev–Trinajstić information content (AvgIpc) is 2.84. The highest BCUT2D eigenvalue weighted by Crippen LogP contribution is 2.26. The number of fused-ring (bicyclic) bond motifs is 1. The molecular weight excluding hydrogens is 449 g/mol. The number of benzene rings is 2. The minimum absolute atomic E-state index is 0.00768. The van der Waals surface area contributed by atoms with E-state index in [-0.39, 0.29) is 22.9 Å². The van der Waals surface area contributed by atoms with Crippen molar-refractivity contribution in [3.8, 4) is 0 Å². The normalized spacial score (nSPS) is 13.8. The second-order valence-corrected chi connectivity index (χ2v) is 8.88. The standard InChI is InChI=1S/C26H30FN5O3/c1-4-31-15-20(26(35)30-18-7-5-17(6-8-18)25(34)29-16(2)3)24(33)19-13-21(27)23(14-22(19)31)32-11-9-28-10-12-32/h5-8,13-16,28H,4,9-12H2,1-3H3,(H,29,34)(H,30,35). The van der Waals surface area contributed by atoms with E-state index < -0.39 is 17.2 Å². The number of anilines is 2.